The van der Waals surface area contributed by atoms with Crippen molar-refractivity contribution in [2.45, 2.75) is 70.9 Å². The quantitative estimate of drug-likeness (QED) is 0.754. The Balaban J connectivity index is 1.31. The lowest BCUT2D eigenvalue weighted by molar-refractivity contribution is -0.136. The monoisotopic (exact) mass is 411 g/mol. The lowest BCUT2D eigenvalue weighted by Gasteiger charge is -2.44. The molecule has 1 spiro atoms. The Morgan fingerprint density at radius 1 is 1.03 bits per heavy atom. The van der Waals surface area contributed by atoms with Crippen molar-refractivity contribution in [3.8, 4) is 0 Å². The summed E-state index contributed by atoms with van der Waals surface area (Å²) >= 11 is 0. The summed E-state index contributed by atoms with van der Waals surface area (Å²) in [5.74, 6) is 0.331. The van der Waals surface area contributed by atoms with E-state index in [1.807, 2.05) is 0 Å². The van der Waals surface area contributed by atoms with Gasteiger partial charge >= 0.3 is 0 Å². The minimum Gasteiger partial charge on any atom is -0.381 e. The molecule has 0 aromatic heterocycles. The Morgan fingerprint density at radius 3 is 2.60 bits per heavy atom. The summed E-state index contributed by atoms with van der Waals surface area (Å²) in [7, 11) is 0. The molecular formula is C25H37N3O2. The van der Waals surface area contributed by atoms with E-state index < -0.39 is 0 Å². The number of carbonyl (C=O) groups is 1. The fourth-order valence-corrected chi connectivity index (χ4v) is 6.41. The van der Waals surface area contributed by atoms with Gasteiger partial charge in [-0.1, -0.05) is 0 Å². The maximum Gasteiger partial charge on any atom is 0.233 e. The zero-order valence-corrected chi connectivity index (χ0v) is 18.7. The summed E-state index contributed by atoms with van der Waals surface area (Å²) < 4.78 is 5.56. The molecule has 4 saturated heterocycles. The van der Waals surface area contributed by atoms with Crippen molar-refractivity contribution in [1.82, 2.24) is 4.90 Å². The average molecular weight is 412 g/mol. The van der Waals surface area contributed by atoms with Crippen molar-refractivity contribution >= 4 is 17.3 Å². The molecule has 4 aliphatic rings. The van der Waals surface area contributed by atoms with Gasteiger partial charge in [-0.25, -0.2) is 0 Å². The molecule has 0 N–H and O–H groups in total. The van der Waals surface area contributed by atoms with Crippen molar-refractivity contribution in [2.75, 3.05) is 49.2 Å². The predicted molar refractivity (Wildman–Crippen MR) is 121 cm³/mol. The molecule has 5 heteroatoms. The summed E-state index contributed by atoms with van der Waals surface area (Å²) in [6, 6.07) is 8.19. The standard InChI is InChI=1S/C25H37N3O2/c1-19-17-21(26-14-8-22(18-26)27-12-3-5-20(27)2)6-7-23(19)28-13-4-9-25(24(28)29)10-15-30-16-11-25/h6-7,17,20,22H,3-5,8-16,18H2,1-2H3/t20-,22-/m1/s1. The second-order valence-electron chi connectivity index (χ2n) is 10.0. The molecule has 1 aromatic rings. The number of hydrogen-bond donors (Lipinski definition) is 0. The number of piperidine rings is 1. The minimum absolute atomic E-state index is 0.184. The van der Waals surface area contributed by atoms with Crippen LogP contribution in [-0.4, -0.2) is 62.3 Å². The van der Waals surface area contributed by atoms with E-state index in [4.69, 9.17) is 4.74 Å². The van der Waals surface area contributed by atoms with Crippen molar-refractivity contribution < 1.29 is 9.53 Å². The van der Waals surface area contributed by atoms with Gasteiger partial charge in [0.1, 0.15) is 0 Å². The van der Waals surface area contributed by atoms with Gasteiger partial charge < -0.3 is 14.5 Å². The number of aryl methyl sites for hydroxylation is 1. The highest BCUT2D eigenvalue weighted by Gasteiger charge is 2.45. The Kier molecular flexibility index (Phi) is 5.53. The largest absolute Gasteiger partial charge is 0.381 e. The Labute approximate surface area is 181 Å². The molecule has 0 saturated carbocycles. The molecule has 0 bridgehead atoms. The average Bonchev–Trinajstić information content (AvgIpc) is 3.40. The van der Waals surface area contributed by atoms with Crippen LogP contribution in [0.5, 0.6) is 0 Å². The van der Waals surface area contributed by atoms with Gasteiger partial charge in [-0.05, 0) is 89.1 Å². The van der Waals surface area contributed by atoms with Crippen LogP contribution in [0.1, 0.15) is 57.4 Å². The summed E-state index contributed by atoms with van der Waals surface area (Å²) in [5.41, 5.74) is 3.47. The van der Waals surface area contributed by atoms with E-state index in [0.717, 1.165) is 70.3 Å². The van der Waals surface area contributed by atoms with Crippen molar-refractivity contribution in [3.63, 3.8) is 0 Å². The van der Waals surface area contributed by atoms with Gasteiger partial charge in [0, 0.05) is 56.3 Å². The van der Waals surface area contributed by atoms with Crippen LogP contribution in [0.25, 0.3) is 0 Å². The van der Waals surface area contributed by atoms with Crippen LogP contribution < -0.4 is 9.80 Å². The first-order valence-electron chi connectivity index (χ1n) is 12.1. The molecule has 0 aliphatic carbocycles. The third kappa shape index (κ3) is 3.54. The van der Waals surface area contributed by atoms with Crippen molar-refractivity contribution in [2.24, 2.45) is 5.41 Å². The first-order valence-corrected chi connectivity index (χ1v) is 12.1. The topological polar surface area (TPSA) is 36.0 Å². The zero-order valence-electron chi connectivity index (χ0n) is 18.7. The SMILES string of the molecule is Cc1cc(N2CC[C@@H](N3CCC[C@H]3C)C2)ccc1N1CCCC2(CCOCC2)C1=O. The van der Waals surface area contributed by atoms with E-state index in [1.165, 1.54) is 37.1 Å². The molecule has 5 rings (SSSR count). The second kappa shape index (κ2) is 8.16. The molecule has 164 valence electrons. The fraction of sp³-hybridized carbons (Fsp3) is 0.720. The molecule has 5 nitrogen and oxygen atoms in total. The number of hydrogen-bond acceptors (Lipinski definition) is 4. The summed E-state index contributed by atoms with van der Waals surface area (Å²) in [6.45, 7) is 10.4. The van der Waals surface area contributed by atoms with Gasteiger partial charge in [-0.3, -0.25) is 9.69 Å². The molecule has 2 atom stereocenters. The first kappa shape index (κ1) is 20.3. The van der Waals surface area contributed by atoms with E-state index in [-0.39, 0.29) is 5.41 Å². The Hall–Kier alpha value is -1.59. The minimum atomic E-state index is -0.184. The normalized spacial score (nSPS) is 29.9. The second-order valence-corrected chi connectivity index (χ2v) is 10.0. The molecule has 30 heavy (non-hydrogen) atoms. The zero-order chi connectivity index (χ0) is 20.7. The number of amides is 1. The van der Waals surface area contributed by atoms with E-state index in [9.17, 15) is 4.79 Å². The smallest absolute Gasteiger partial charge is 0.233 e. The lowest BCUT2D eigenvalue weighted by Crippen LogP contribution is -2.51. The van der Waals surface area contributed by atoms with E-state index in [0.29, 0.717) is 11.9 Å². The van der Waals surface area contributed by atoms with E-state index in [2.05, 4.69) is 46.7 Å². The van der Waals surface area contributed by atoms with Gasteiger partial charge in [0.25, 0.3) is 0 Å². The van der Waals surface area contributed by atoms with Crippen LogP contribution in [0.4, 0.5) is 11.4 Å². The van der Waals surface area contributed by atoms with Crippen LogP contribution in [-0.2, 0) is 9.53 Å². The van der Waals surface area contributed by atoms with E-state index in [1.54, 1.807) is 0 Å². The molecule has 1 aromatic carbocycles. The lowest BCUT2D eigenvalue weighted by atomic mass is 9.73. The molecule has 4 fully saturated rings. The van der Waals surface area contributed by atoms with Gasteiger partial charge in [0.05, 0.1) is 5.41 Å². The van der Waals surface area contributed by atoms with Crippen molar-refractivity contribution in [1.29, 1.82) is 0 Å². The molecule has 4 aliphatic heterocycles. The molecule has 0 radical (unpaired) electrons. The van der Waals surface area contributed by atoms with Crippen LogP contribution >= 0.6 is 0 Å². The number of likely N-dealkylation sites (tertiary alicyclic amines) is 1. The van der Waals surface area contributed by atoms with E-state index >= 15 is 0 Å². The highest BCUT2D eigenvalue weighted by molar-refractivity contribution is 5.99. The third-order valence-corrected chi connectivity index (χ3v) is 8.26. The first-order chi connectivity index (χ1) is 14.6. The Morgan fingerprint density at radius 2 is 1.87 bits per heavy atom. The fourth-order valence-electron chi connectivity index (χ4n) is 6.41. The third-order valence-electron chi connectivity index (χ3n) is 8.26. The van der Waals surface area contributed by atoms with Gasteiger partial charge in [0.15, 0.2) is 0 Å². The molecule has 1 amide bonds. The van der Waals surface area contributed by atoms with Crippen molar-refractivity contribution in [3.05, 3.63) is 23.8 Å². The predicted octanol–water partition coefficient (Wildman–Crippen LogP) is 3.98. The van der Waals surface area contributed by atoms with Gasteiger partial charge in [0.2, 0.25) is 5.91 Å². The number of benzene rings is 1. The summed E-state index contributed by atoms with van der Waals surface area (Å²) in [4.78, 5) is 20.8. The molecule has 4 heterocycles. The number of ether oxygens (including phenoxy) is 1. The number of carbonyl (C=O) groups excluding carboxylic acids is 1. The number of anilines is 2. The summed E-state index contributed by atoms with van der Waals surface area (Å²) in [5, 5.41) is 0. The maximum absolute atomic E-state index is 13.5. The Bertz CT molecular complexity index is 783. The maximum atomic E-state index is 13.5. The van der Waals surface area contributed by atoms with Crippen LogP contribution in [0.3, 0.4) is 0 Å². The van der Waals surface area contributed by atoms with Crippen LogP contribution in [0, 0.1) is 12.3 Å². The molecular weight excluding hydrogens is 374 g/mol. The number of nitrogens with zero attached hydrogens (tertiary/aromatic N) is 3. The highest BCUT2D eigenvalue weighted by Crippen LogP contribution is 2.42. The van der Waals surface area contributed by atoms with Gasteiger partial charge in [-0.15, -0.1) is 0 Å². The van der Waals surface area contributed by atoms with Crippen LogP contribution in [0.2, 0.25) is 0 Å². The highest BCUT2D eigenvalue weighted by atomic mass is 16.5. The number of rotatable bonds is 3. The van der Waals surface area contributed by atoms with Crippen LogP contribution in [0.15, 0.2) is 18.2 Å². The van der Waals surface area contributed by atoms with Gasteiger partial charge in [-0.2, -0.15) is 0 Å². The molecule has 0 unspecified atom stereocenters. The summed E-state index contributed by atoms with van der Waals surface area (Å²) in [6.07, 6.45) is 7.83.